The number of aromatic carboxylic acids is 2. The second kappa shape index (κ2) is 11.8. The summed E-state index contributed by atoms with van der Waals surface area (Å²) in [6.45, 7) is 6.59. The Labute approximate surface area is 217 Å². The second-order valence-electron chi connectivity index (χ2n) is 9.43. The van der Waals surface area contributed by atoms with Crippen molar-refractivity contribution in [1.82, 2.24) is 0 Å². The standard InChI is InChI=1S/C30H34N2O5/c1-3-5-14-32(15-6-4-2)23-9-7-8-20(16-23)10-11-21-12-13-26-25(17-21)31-28-24(30(35)36)18-22(29(33)34)19-27(28)37-26/h7-9,12-13,16-19,31H,3-6,10-11,14-15H2,1-2H3,(H,33,34)(H,35,36). The Kier molecular flexibility index (Phi) is 8.33. The molecule has 0 spiro atoms. The lowest BCUT2D eigenvalue weighted by atomic mass is 10.0. The fourth-order valence-corrected chi connectivity index (χ4v) is 4.55. The van der Waals surface area contributed by atoms with Crippen LogP contribution in [0.2, 0.25) is 0 Å². The number of rotatable bonds is 12. The summed E-state index contributed by atoms with van der Waals surface area (Å²) in [5.74, 6) is -1.72. The molecule has 0 amide bonds. The maximum absolute atomic E-state index is 11.8. The van der Waals surface area contributed by atoms with E-state index < -0.39 is 11.9 Å². The van der Waals surface area contributed by atoms with Crippen LogP contribution in [0.25, 0.3) is 0 Å². The van der Waals surface area contributed by atoms with Crippen molar-refractivity contribution in [2.24, 2.45) is 0 Å². The Morgan fingerprint density at radius 2 is 1.54 bits per heavy atom. The van der Waals surface area contributed by atoms with Crippen LogP contribution in [0.5, 0.6) is 11.5 Å². The van der Waals surface area contributed by atoms with E-state index in [0.717, 1.165) is 37.6 Å². The molecular formula is C30H34N2O5. The summed E-state index contributed by atoms with van der Waals surface area (Å²) < 4.78 is 5.89. The first-order chi connectivity index (χ1) is 17.9. The molecule has 3 aromatic rings. The first-order valence-corrected chi connectivity index (χ1v) is 13.0. The van der Waals surface area contributed by atoms with Gasteiger partial charge in [-0.2, -0.15) is 0 Å². The summed E-state index contributed by atoms with van der Waals surface area (Å²) in [5, 5.41) is 22.1. The number of benzene rings is 3. The van der Waals surface area contributed by atoms with Gasteiger partial charge in [0.05, 0.1) is 22.5 Å². The van der Waals surface area contributed by atoms with Crippen LogP contribution >= 0.6 is 0 Å². The molecule has 1 heterocycles. The predicted molar refractivity (Wildman–Crippen MR) is 146 cm³/mol. The number of hydrogen-bond donors (Lipinski definition) is 3. The van der Waals surface area contributed by atoms with Crippen molar-refractivity contribution in [3.05, 3.63) is 76.9 Å². The van der Waals surface area contributed by atoms with Crippen molar-refractivity contribution in [3.8, 4) is 11.5 Å². The zero-order valence-electron chi connectivity index (χ0n) is 21.4. The van der Waals surface area contributed by atoms with Crippen LogP contribution in [0.15, 0.2) is 54.6 Å². The largest absolute Gasteiger partial charge is 0.478 e. The number of hydrogen-bond acceptors (Lipinski definition) is 5. The highest BCUT2D eigenvalue weighted by molar-refractivity contribution is 6.02. The maximum atomic E-state index is 11.8. The topological polar surface area (TPSA) is 99.1 Å². The molecule has 0 aromatic heterocycles. The van der Waals surface area contributed by atoms with E-state index in [2.05, 4.69) is 48.3 Å². The van der Waals surface area contributed by atoms with Gasteiger partial charge in [0.15, 0.2) is 11.5 Å². The van der Waals surface area contributed by atoms with Crippen molar-refractivity contribution >= 4 is 29.0 Å². The molecule has 3 aromatic carbocycles. The van der Waals surface area contributed by atoms with Crippen LogP contribution in [-0.2, 0) is 12.8 Å². The van der Waals surface area contributed by atoms with Crippen LogP contribution in [0, 0.1) is 0 Å². The lowest BCUT2D eigenvalue weighted by Crippen LogP contribution is -2.25. The summed E-state index contributed by atoms with van der Waals surface area (Å²) in [7, 11) is 0. The Balaban J connectivity index is 1.49. The summed E-state index contributed by atoms with van der Waals surface area (Å²) in [6.07, 6.45) is 6.42. The summed E-state index contributed by atoms with van der Waals surface area (Å²) in [5.41, 5.74) is 4.29. The highest BCUT2D eigenvalue weighted by Crippen LogP contribution is 2.44. The van der Waals surface area contributed by atoms with E-state index >= 15 is 0 Å². The first kappa shape index (κ1) is 26.1. The minimum atomic E-state index is -1.22. The van der Waals surface area contributed by atoms with Gasteiger partial charge in [-0.3, -0.25) is 0 Å². The van der Waals surface area contributed by atoms with Gasteiger partial charge in [0, 0.05) is 18.8 Å². The minimum absolute atomic E-state index is 0.136. The molecule has 37 heavy (non-hydrogen) atoms. The molecule has 0 fully saturated rings. The van der Waals surface area contributed by atoms with Crippen molar-refractivity contribution in [2.45, 2.75) is 52.4 Å². The first-order valence-electron chi connectivity index (χ1n) is 13.0. The molecule has 1 aliphatic heterocycles. The third kappa shape index (κ3) is 6.23. The molecule has 194 valence electrons. The molecule has 0 aliphatic carbocycles. The van der Waals surface area contributed by atoms with E-state index in [1.165, 1.54) is 43.0 Å². The van der Waals surface area contributed by atoms with E-state index in [4.69, 9.17) is 4.74 Å². The summed E-state index contributed by atoms with van der Waals surface area (Å²) in [6, 6.07) is 17.1. The summed E-state index contributed by atoms with van der Waals surface area (Å²) in [4.78, 5) is 25.7. The number of ether oxygens (including phenoxy) is 1. The normalized spacial score (nSPS) is 11.6. The number of unbranched alkanes of at least 4 members (excludes halogenated alkanes) is 2. The van der Waals surface area contributed by atoms with E-state index in [0.29, 0.717) is 11.4 Å². The van der Waals surface area contributed by atoms with Crippen LogP contribution in [0.4, 0.5) is 17.1 Å². The Bertz CT molecular complexity index is 1280. The van der Waals surface area contributed by atoms with Gasteiger partial charge in [0.1, 0.15) is 0 Å². The van der Waals surface area contributed by atoms with Gasteiger partial charge in [-0.25, -0.2) is 9.59 Å². The number of carboxylic acids is 2. The van der Waals surface area contributed by atoms with Crippen LogP contribution in [0.1, 0.15) is 71.4 Å². The number of nitrogens with one attached hydrogen (secondary N) is 1. The molecule has 0 saturated carbocycles. The van der Waals surface area contributed by atoms with Gasteiger partial charge in [-0.1, -0.05) is 44.9 Å². The van der Waals surface area contributed by atoms with Gasteiger partial charge in [-0.05, 0) is 73.2 Å². The molecule has 0 saturated heterocycles. The quantitative estimate of drug-likeness (QED) is 0.190. The average Bonchev–Trinajstić information content (AvgIpc) is 2.90. The van der Waals surface area contributed by atoms with E-state index in [1.54, 1.807) is 0 Å². The zero-order chi connectivity index (χ0) is 26.4. The molecule has 0 atom stereocenters. The molecule has 7 nitrogen and oxygen atoms in total. The molecule has 3 N–H and O–H groups in total. The number of fused-ring (bicyclic) bond motifs is 2. The number of carbonyl (C=O) groups is 2. The van der Waals surface area contributed by atoms with E-state index in [-0.39, 0.29) is 22.6 Å². The van der Waals surface area contributed by atoms with Crippen molar-refractivity contribution in [3.63, 3.8) is 0 Å². The fraction of sp³-hybridized carbons (Fsp3) is 0.333. The lowest BCUT2D eigenvalue weighted by Gasteiger charge is -2.25. The molecule has 1 aliphatic rings. The maximum Gasteiger partial charge on any atom is 0.337 e. The minimum Gasteiger partial charge on any atom is -0.478 e. The smallest absolute Gasteiger partial charge is 0.337 e. The van der Waals surface area contributed by atoms with Gasteiger partial charge in [0.25, 0.3) is 0 Å². The molecular weight excluding hydrogens is 468 g/mol. The predicted octanol–water partition coefficient (Wildman–Crippen LogP) is 7.12. The number of carboxylic acid groups (broad SMARTS) is 2. The zero-order valence-corrected chi connectivity index (χ0v) is 21.4. The number of nitrogens with zero attached hydrogens (tertiary/aromatic N) is 1. The molecule has 0 unspecified atom stereocenters. The van der Waals surface area contributed by atoms with Crippen molar-refractivity contribution in [2.75, 3.05) is 23.3 Å². The van der Waals surface area contributed by atoms with Crippen molar-refractivity contribution < 1.29 is 24.5 Å². The van der Waals surface area contributed by atoms with E-state index in [1.807, 2.05) is 18.2 Å². The third-order valence-corrected chi connectivity index (χ3v) is 6.64. The third-order valence-electron chi connectivity index (χ3n) is 6.64. The van der Waals surface area contributed by atoms with Crippen LogP contribution in [0.3, 0.4) is 0 Å². The average molecular weight is 503 g/mol. The highest BCUT2D eigenvalue weighted by atomic mass is 16.5. The molecule has 7 heteroatoms. The van der Waals surface area contributed by atoms with Gasteiger partial charge < -0.3 is 25.2 Å². The summed E-state index contributed by atoms with van der Waals surface area (Å²) >= 11 is 0. The second-order valence-corrected chi connectivity index (χ2v) is 9.43. The molecule has 0 radical (unpaired) electrons. The number of anilines is 3. The van der Waals surface area contributed by atoms with Gasteiger partial charge in [0.2, 0.25) is 0 Å². The fourth-order valence-electron chi connectivity index (χ4n) is 4.55. The van der Waals surface area contributed by atoms with Crippen LogP contribution in [-0.4, -0.2) is 35.2 Å². The Hall–Kier alpha value is -4.00. The van der Waals surface area contributed by atoms with Crippen molar-refractivity contribution in [1.29, 1.82) is 0 Å². The molecule has 4 rings (SSSR count). The van der Waals surface area contributed by atoms with Gasteiger partial charge >= 0.3 is 11.9 Å². The Morgan fingerprint density at radius 3 is 2.19 bits per heavy atom. The lowest BCUT2D eigenvalue weighted by molar-refractivity contribution is 0.0696. The Morgan fingerprint density at radius 1 is 0.838 bits per heavy atom. The molecule has 0 bridgehead atoms. The SMILES string of the molecule is CCCCN(CCCC)c1cccc(CCc2ccc3c(c2)Nc2c(cc(C(=O)O)cc2C(=O)O)O3)c1. The van der Waals surface area contributed by atoms with Gasteiger partial charge in [-0.15, -0.1) is 0 Å². The monoisotopic (exact) mass is 502 g/mol. The van der Waals surface area contributed by atoms with Crippen LogP contribution < -0.4 is 15.0 Å². The van der Waals surface area contributed by atoms with E-state index in [9.17, 15) is 19.8 Å². The highest BCUT2D eigenvalue weighted by Gasteiger charge is 2.25. The number of aryl methyl sites for hydroxylation is 2.